The third-order valence-electron chi connectivity index (χ3n) is 6.95. The van der Waals surface area contributed by atoms with E-state index in [2.05, 4.69) is 5.32 Å². The van der Waals surface area contributed by atoms with Crippen LogP contribution < -0.4 is 10.2 Å². The summed E-state index contributed by atoms with van der Waals surface area (Å²) in [7, 11) is -3.55. The van der Waals surface area contributed by atoms with Crippen LogP contribution in [0.25, 0.3) is 0 Å². The highest BCUT2D eigenvalue weighted by atomic mass is 32.2. The van der Waals surface area contributed by atoms with Gasteiger partial charge in [0.2, 0.25) is 21.8 Å². The molecule has 1 aromatic carbocycles. The second-order valence-electron chi connectivity index (χ2n) is 9.34. The zero-order chi connectivity index (χ0) is 22.6. The van der Waals surface area contributed by atoms with Gasteiger partial charge in [-0.05, 0) is 62.3 Å². The summed E-state index contributed by atoms with van der Waals surface area (Å²) >= 11 is 0. The molecule has 32 heavy (non-hydrogen) atoms. The first kappa shape index (κ1) is 23.2. The van der Waals surface area contributed by atoms with Crippen LogP contribution in [0.4, 0.5) is 5.69 Å². The maximum atomic E-state index is 13.2. The lowest BCUT2D eigenvalue weighted by atomic mass is 9.95. The van der Waals surface area contributed by atoms with Crippen molar-refractivity contribution in [1.29, 1.82) is 0 Å². The molecule has 7 nitrogen and oxygen atoms in total. The van der Waals surface area contributed by atoms with Gasteiger partial charge in [0.25, 0.3) is 0 Å². The summed E-state index contributed by atoms with van der Waals surface area (Å²) in [4.78, 5) is 27.3. The van der Waals surface area contributed by atoms with Crippen molar-refractivity contribution in [2.75, 3.05) is 24.5 Å². The van der Waals surface area contributed by atoms with Crippen molar-refractivity contribution in [2.24, 2.45) is 0 Å². The van der Waals surface area contributed by atoms with Crippen molar-refractivity contribution in [2.45, 2.75) is 88.0 Å². The van der Waals surface area contributed by atoms with Crippen LogP contribution in [-0.4, -0.2) is 50.2 Å². The van der Waals surface area contributed by atoms with E-state index in [9.17, 15) is 18.0 Å². The first-order valence-electron chi connectivity index (χ1n) is 12.2. The Balaban J connectivity index is 1.54. The molecule has 1 saturated heterocycles. The SMILES string of the molecule is O=C(CN1C(=O)CCCc2cc(S(=O)(=O)N3CCCCCC3)ccc21)NC1CCCCC1. The van der Waals surface area contributed by atoms with Gasteiger partial charge in [-0.25, -0.2) is 8.42 Å². The van der Waals surface area contributed by atoms with E-state index in [1.165, 1.54) is 6.42 Å². The van der Waals surface area contributed by atoms with Crippen LogP contribution in [0.3, 0.4) is 0 Å². The molecule has 3 aliphatic rings. The molecule has 0 aromatic heterocycles. The first-order valence-corrected chi connectivity index (χ1v) is 13.6. The minimum Gasteiger partial charge on any atom is -0.352 e. The number of nitrogens with zero attached hydrogens (tertiary/aromatic N) is 2. The number of aryl methyl sites for hydroxylation is 1. The van der Waals surface area contributed by atoms with Crippen molar-refractivity contribution in [3.05, 3.63) is 23.8 Å². The fraction of sp³-hybridized carbons (Fsp3) is 0.667. The zero-order valence-corrected chi connectivity index (χ0v) is 19.7. The minimum atomic E-state index is -3.55. The van der Waals surface area contributed by atoms with Crippen molar-refractivity contribution in [1.82, 2.24) is 9.62 Å². The number of amides is 2. The summed E-state index contributed by atoms with van der Waals surface area (Å²) in [5, 5.41) is 3.09. The third-order valence-corrected chi connectivity index (χ3v) is 8.85. The number of sulfonamides is 1. The fourth-order valence-corrected chi connectivity index (χ4v) is 6.72. The van der Waals surface area contributed by atoms with E-state index in [0.717, 1.165) is 56.9 Å². The molecular weight excluding hydrogens is 426 g/mol. The predicted molar refractivity (Wildman–Crippen MR) is 124 cm³/mol. The number of anilines is 1. The Kier molecular flexibility index (Phi) is 7.51. The summed E-state index contributed by atoms with van der Waals surface area (Å²) in [6, 6.07) is 5.24. The Hall–Kier alpha value is -1.93. The van der Waals surface area contributed by atoms with Crippen LogP contribution in [0.15, 0.2) is 23.1 Å². The van der Waals surface area contributed by atoms with Gasteiger partial charge in [0.15, 0.2) is 0 Å². The number of carbonyl (C=O) groups is 2. The van der Waals surface area contributed by atoms with Gasteiger partial charge in [-0.15, -0.1) is 0 Å². The van der Waals surface area contributed by atoms with Gasteiger partial charge in [-0.3, -0.25) is 9.59 Å². The average Bonchev–Trinajstić information content (AvgIpc) is 3.15. The Morgan fingerprint density at radius 1 is 0.938 bits per heavy atom. The lowest BCUT2D eigenvalue weighted by Gasteiger charge is -2.27. The highest BCUT2D eigenvalue weighted by molar-refractivity contribution is 7.89. The Bertz CT molecular complexity index is 933. The van der Waals surface area contributed by atoms with Crippen LogP contribution in [0.2, 0.25) is 0 Å². The number of carbonyl (C=O) groups excluding carboxylic acids is 2. The number of hydrogen-bond donors (Lipinski definition) is 1. The highest BCUT2D eigenvalue weighted by Gasteiger charge is 2.29. The van der Waals surface area contributed by atoms with Gasteiger partial charge in [-0.1, -0.05) is 32.1 Å². The molecule has 1 saturated carbocycles. The molecule has 0 unspecified atom stereocenters. The normalized spacial score (nSPS) is 21.5. The highest BCUT2D eigenvalue weighted by Crippen LogP contribution is 2.31. The molecule has 2 heterocycles. The van der Waals surface area contributed by atoms with Crippen LogP contribution in [-0.2, 0) is 26.0 Å². The van der Waals surface area contributed by atoms with Crippen LogP contribution in [0, 0.1) is 0 Å². The standard InChI is InChI=1S/C24H35N3O4S/c28-23(25-20-10-4-3-5-11-20)18-27-22-14-13-21(17-19(22)9-8-12-24(27)29)32(30,31)26-15-6-1-2-7-16-26/h13-14,17,20H,1-12,15-16,18H2,(H,25,28). The second kappa shape index (κ2) is 10.3. The predicted octanol–water partition coefficient (Wildman–Crippen LogP) is 3.37. The lowest BCUT2D eigenvalue weighted by Crippen LogP contribution is -2.44. The molecule has 176 valence electrons. The van der Waals surface area contributed by atoms with Gasteiger partial charge in [-0.2, -0.15) is 4.31 Å². The first-order chi connectivity index (χ1) is 15.4. The van der Waals surface area contributed by atoms with E-state index in [4.69, 9.17) is 0 Å². The Labute approximate surface area is 191 Å². The van der Waals surface area contributed by atoms with Crippen LogP contribution in [0.5, 0.6) is 0 Å². The van der Waals surface area contributed by atoms with E-state index >= 15 is 0 Å². The van der Waals surface area contributed by atoms with Crippen molar-refractivity contribution in [3.63, 3.8) is 0 Å². The maximum absolute atomic E-state index is 13.2. The average molecular weight is 462 g/mol. The third kappa shape index (κ3) is 5.34. The molecule has 0 bridgehead atoms. The van der Waals surface area contributed by atoms with E-state index in [1.54, 1.807) is 27.4 Å². The van der Waals surface area contributed by atoms with Crippen molar-refractivity contribution < 1.29 is 18.0 Å². The molecule has 1 aliphatic carbocycles. The van der Waals surface area contributed by atoms with Crippen molar-refractivity contribution >= 4 is 27.5 Å². The number of benzene rings is 1. The Morgan fingerprint density at radius 3 is 2.34 bits per heavy atom. The molecule has 2 amide bonds. The topological polar surface area (TPSA) is 86.8 Å². The molecule has 4 rings (SSSR count). The summed E-state index contributed by atoms with van der Waals surface area (Å²) in [5.74, 6) is -0.218. The maximum Gasteiger partial charge on any atom is 0.243 e. The fourth-order valence-electron chi connectivity index (χ4n) is 5.15. The molecule has 2 fully saturated rings. The minimum absolute atomic E-state index is 0.0133. The van der Waals surface area contributed by atoms with Crippen LogP contribution in [0.1, 0.15) is 76.2 Å². The summed E-state index contributed by atoms with van der Waals surface area (Å²) < 4.78 is 28.1. The largest absolute Gasteiger partial charge is 0.352 e. The van der Waals surface area contributed by atoms with E-state index in [0.29, 0.717) is 42.9 Å². The molecule has 0 spiro atoms. The Morgan fingerprint density at radius 2 is 1.62 bits per heavy atom. The lowest BCUT2D eigenvalue weighted by molar-refractivity contribution is -0.124. The second-order valence-corrected chi connectivity index (χ2v) is 11.3. The number of rotatable bonds is 5. The zero-order valence-electron chi connectivity index (χ0n) is 18.9. The van der Waals surface area contributed by atoms with Gasteiger partial charge >= 0.3 is 0 Å². The molecule has 0 atom stereocenters. The molecule has 0 radical (unpaired) electrons. The molecule has 2 aliphatic heterocycles. The van der Waals surface area contributed by atoms with E-state index in [-0.39, 0.29) is 24.4 Å². The number of nitrogens with one attached hydrogen (secondary N) is 1. The molecule has 8 heteroatoms. The van der Waals surface area contributed by atoms with Gasteiger partial charge < -0.3 is 10.2 Å². The monoisotopic (exact) mass is 461 g/mol. The van der Waals surface area contributed by atoms with Gasteiger partial charge in [0, 0.05) is 31.2 Å². The van der Waals surface area contributed by atoms with E-state index < -0.39 is 10.0 Å². The summed E-state index contributed by atoms with van der Waals surface area (Å²) in [6.45, 7) is 1.11. The van der Waals surface area contributed by atoms with Crippen molar-refractivity contribution in [3.8, 4) is 0 Å². The smallest absolute Gasteiger partial charge is 0.243 e. The number of hydrogen-bond acceptors (Lipinski definition) is 4. The molecule has 1 aromatic rings. The van der Waals surface area contributed by atoms with Gasteiger partial charge in [0.05, 0.1) is 4.90 Å². The van der Waals surface area contributed by atoms with Crippen LogP contribution >= 0.6 is 0 Å². The van der Waals surface area contributed by atoms with E-state index in [1.807, 2.05) is 0 Å². The summed E-state index contributed by atoms with van der Waals surface area (Å²) in [6.07, 6.45) is 11.0. The number of fused-ring (bicyclic) bond motifs is 1. The van der Waals surface area contributed by atoms with Gasteiger partial charge in [0.1, 0.15) is 6.54 Å². The quantitative estimate of drug-likeness (QED) is 0.728. The summed E-state index contributed by atoms with van der Waals surface area (Å²) in [5.41, 5.74) is 1.50. The molecule has 1 N–H and O–H groups in total. The molecular formula is C24H35N3O4S.